The van der Waals surface area contributed by atoms with Crippen LogP contribution in [0, 0.1) is 14.2 Å². The summed E-state index contributed by atoms with van der Waals surface area (Å²) in [5.74, 6) is -0.0829. The molecule has 0 aromatic carbocycles. The van der Waals surface area contributed by atoms with Crippen LogP contribution in [0.2, 0.25) is 0 Å². The molecule has 0 radical (unpaired) electrons. The largest absolute Gasteiger partial charge is 0.292 e. The fourth-order valence-corrected chi connectivity index (χ4v) is 2.18. The minimum Gasteiger partial charge on any atom is -0.292 e. The van der Waals surface area contributed by atoms with Gasteiger partial charge in [0.1, 0.15) is 0 Å². The maximum Gasteiger partial charge on any atom is 0.186 e. The van der Waals surface area contributed by atoms with Crippen LogP contribution >= 0.6 is 33.9 Å². The van der Waals surface area contributed by atoms with Crippen LogP contribution in [0.25, 0.3) is 0 Å². The molecule has 0 unspecified atom stereocenters. The van der Waals surface area contributed by atoms with E-state index in [4.69, 9.17) is 5.26 Å². The van der Waals surface area contributed by atoms with E-state index in [0.717, 1.165) is 2.88 Å². The lowest BCUT2D eigenvalue weighted by molar-refractivity contribution is 0.100. The van der Waals surface area contributed by atoms with E-state index in [0.29, 0.717) is 4.88 Å². The van der Waals surface area contributed by atoms with E-state index in [1.807, 2.05) is 12.1 Å². The molecule has 0 spiro atoms. The Bertz CT molecular complexity index is 312. The highest BCUT2D eigenvalue weighted by atomic mass is 127. The number of hydrogen-bond acceptors (Lipinski definition) is 3. The SMILES string of the molecule is N#CCC(=O)c1ccc(I)s1. The third kappa shape index (κ3) is 2.27. The van der Waals surface area contributed by atoms with Gasteiger partial charge in [-0.1, -0.05) is 0 Å². The third-order valence-electron chi connectivity index (χ3n) is 1.09. The number of nitrogens with zero attached hydrogens (tertiary/aromatic N) is 1. The Labute approximate surface area is 82.0 Å². The summed E-state index contributed by atoms with van der Waals surface area (Å²) in [5.41, 5.74) is 0. The van der Waals surface area contributed by atoms with Gasteiger partial charge in [0.15, 0.2) is 5.78 Å². The summed E-state index contributed by atoms with van der Waals surface area (Å²) in [6.07, 6.45) is -0.0173. The predicted molar refractivity (Wildman–Crippen MR) is 51.6 cm³/mol. The van der Waals surface area contributed by atoms with Gasteiger partial charge < -0.3 is 0 Å². The molecule has 0 amide bonds. The lowest BCUT2D eigenvalue weighted by Crippen LogP contribution is -1.91. The Morgan fingerprint density at radius 2 is 2.45 bits per heavy atom. The second-order valence-corrected chi connectivity index (χ2v) is 4.84. The average Bonchev–Trinajstić information content (AvgIpc) is 2.36. The lowest BCUT2D eigenvalue weighted by atomic mass is 10.2. The van der Waals surface area contributed by atoms with Crippen molar-refractivity contribution < 1.29 is 4.79 Å². The molecular formula is C7H4INOS. The predicted octanol–water partition coefficient (Wildman–Crippen LogP) is 2.45. The highest BCUT2D eigenvalue weighted by Gasteiger charge is 2.06. The van der Waals surface area contributed by atoms with Gasteiger partial charge in [-0.25, -0.2) is 0 Å². The molecule has 0 bridgehead atoms. The van der Waals surface area contributed by atoms with E-state index < -0.39 is 0 Å². The summed E-state index contributed by atoms with van der Waals surface area (Å²) in [6, 6.07) is 5.46. The number of hydrogen-bond donors (Lipinski definition) is 0. The van der Waals surface area contributed by atoms with Gasteiger partial charge in [0.05, 0.1) is 20.3 Å². The van der Waals surface area contributed by atoms with Crippen LogP contribution in [-0.4, -0.2) is 5.78 Å². The number of thiophene rings is 1. The summed E-state index contributed by atoms with van der Waals surface area (Å²) >= 11 is 3.57. The molecule has 11 heavy (non-hydrogen) atoms. The molecule has 0 aliphatic heterocycles. The van der Waals surface area contributed by atoms with E-state index in [9.17, 15) is 4.79 Å². The van der Waals surface area contributed by atoms with Crippen LogP contribution < -0.4 is 0 Å². The Hall–Kier alpha value is -0.410. The number of halogens is 1. The Morgan fingerprint density at radius 1 is 1.73 bits per heavy atom. The van der Waals surface area contributed by atoms with Gasteiger partial charge in [0, 0.05) is 0 Å². The van der Waals surface area contributed by atoms with Crippen LogP contribution in [0.5, 0.6) is 0 Å². The summed E-state index contributed by atoms with van der Waals surface area (Å²) in [5, 5.41) is 8.24. The van der Waals surface area contributed by atoms with E-state index in [-0.39, 0.29) is 12.2 Å². The third-order valence-corrected chi connectivity index (χ3v) is 3.02. The zero-order valence-electron chi connectivity index (χ0n) is 5.50. The Kier molecular flexibility index (Phi) is 3.02. The molecule has 4 heteroatoms. The molecular weight excluding hydrogens is 273 g/mol. The number of carbonyl (C=O) groups excluding carboxylic acids is 1. The van der Waals surface area contributed by atoms with Gasteiger partial charge in [0.2, 0.25) is 0 Å². The van der Waals surface area contributed by atoms with E-state index in [2.05, 4.69) is 22.6 Å². The molecule has 0 saturated carbocycles. The van der Waals surface area contributed by atoms with E-state index in [1.54, 1.807) is 6.07 Å². The molecule has 1 heterocycles. The van der Waals surface area contributed by atoms with Crippen molar-refractivity contribution in [3.05, 3.63) is 19.9 Å². The van der Waals surface area contributed by atoms with Crippen molar-refractivity contribution in [2.24, 2.45) is 0 Å². The molecule has 0 atom stereocenters. The van der Waals surface area contributed by atoms with Crippen molar-refractivity contribution in [3.63, 3.8) is 0 Å². The first-order valence-electron chi connectivity index (χ1n) is 2.89. The number of nitriles is 1. The summed E-state index contributed by atoms with van der Waals surface area (Å²) in [6.45, 7) is 0. The molecule has 56 valence electrons. The van der Waals surface area contributed by atoms with Crippen molar-refractivity contribution in [1.82, 2.24) is 0 Å². The highest BCUT2D eigenvalue weighted by Crippen LogP contribution is 2.19. The second kappa shape index (κ2) is 3.83. The van der Waals surface area contributed by atoms with Gasteiger partial charge in [-0.15, -0.1) is 11.3 Å². The summed E-state index contributed by atoms with van der Waals surface area (Å²) < 4.78 is 1.07. The van der Waals surface area contributed by atoms with Crippen molar-refractivity contribution >= 4 is 39.7 Å². The van der Waals surface area contributed by atoms with Gasteiger partial charge in [-0.2, -0.15) is 5.26 Å². The lowest BCUT2D eigenvalue weighted by Gasteiger charge is -1.85. The number of ketones is 1. The van der Waals surface area contributed by atoms with Crippen molar-refractivity contribution in [3.8, 4) is 6.07 Å². The zero-order valence-corrected chi connectivity index (χ0v) is 8.48. The molecule has 1 rings (SSSR count). The van der Waals surface area contributed by atoms with Crippen molar-refractivity contribution in [2.45, 2.75) is 6.42 Å². The standard InChI is InChI=1S/C7H4INOS/c8-7-2-1-6(11-7)5(10)3-4-9/h1-2H,3H2. The molecule has 0 fully saturated rings. The minimum absolute atomic E-state index is 0.0173. The van der Waals surface area contributed by atoms with Crippen LogP contribution in [0.15, 0.2) is 12.1 Å². The van der Waals surface area contributed by atoms with Gasteiger partial charge in [-0.3, -0.25) is 4.79 Å². The Morgan fingerprint density at radius 3 is 2.91 bits per heavy atom. The minimum atomic E-state index is -0.0829. The highest BCUT2D eigenvalue weighted by molar-refractivity contribution is 14.1. The van der Waals surface area contributed by atoms with Gasteiger partial charge >= 0.3 is 0 Å². The maximum atomic E-state index is 11.0. The number of carbonyl (C=O) groups is 1. The van der Waals surface area contributed by atoms with Crippen LogP contribution in [-0.2, 0) is 0 Å². The topological polar surface area (TPSA) is 40.9 Å². The Balaban J connectivity index is 2.78. The van der Waals surface area contributed by atoms with Crippen molar-refractivity contribution in [2.75, 3.05) is 0 Å². The molecule has 0 N–H and O–H groups in total. The summed E-state index contributed by atoms with van der Waals surface area (Å²) in [7, 11) is 0. The first-order chi connectivity index (χ1) is 5.24. The monoisotopic (exact) mass is 277 g/mol. The fraction of sp³-hybridized carbons (Fsp3) is 0.143. The smallest absolute Gasteiger partial charge is 0.186 e. The second-order valence-electron chi connectivity index (χ2n) is 1.86. The first-order valence-corrected chi connectivity index (χ1v) is 4.79. The zero-order chi connectivity index (χ0) is 8.27. The molecule has 1 aromatic rings. The van der Waals surface area contributed by atoms with Crippen molar-refractivity contribution in [1.29, 1.82) is 5.26 Å². The molecule has 2 nitrogen and oxygen atoms in total. The summed E-state index contributed by atoms with van der Waals surface area (Å²) in [4.78, 5) is 11.7. The molecule has 0 aliphatic carbocycles. The molecule has 0 saturated heterocycles. The van der Waals surface area contributed by atoms with Crippen LogP contribution in [0.1, 0.15) is 16.1 Å². The fourth-order valence-electron chi connectivity index (χ4n) is 0.623. The average molecular weight is 277 g/mol. The van der Waals surface area contributed by atoms with E-state index in [1.165, 1.54) is 11.3 Å². The van der Waals surface area contributed by atoms with Gasteiger partial charge in [0.25, 0.3) is 0 Å². The molecule has 1 aromatic heterocycles. The quantitative estimate of drug-likeness (QED) is 0.615. The first kappa shape index (κ1) is 8.68. The van der Waals surface area contributed by atoms with Gasteiger partial charge in [-0.05, 0) is 34.7 Å². The van der Waals surface area contributed by atoms with Crippen LogP contribution in [0.4, 0.5) is 0 Å². The maximum absolute atomic E-state index is 11.0. The molecule has 0 aliphatic rings. The normalized spacial score (nSPS) is 9.09. The number of Topliss-reactive ketones (excluding diaryl/α,β-unsaturated/α-hetero) is 1. The number of rotatable bonds is 2. The van der Waals surface area contributed by atoms with E-state index >= 15 is 0 Å². The van der Waals surface area contributed by atoms with Crippen LogP contribution in [0.3, 0.4) is 0 Å².